The molecule has 136 valence electrons. The number of likely N-dealkylation sites (tertiary alicyclic amines) is 1. The zero-order valence-corrected chi connectivity index (χ0v) is 15.2. The Balaban J connectivity index is 0.00000192. The molecule has 5 heteroatoms. The maximum absolute atomic E-state index is 13.4. The molecule has 3 aromatic rings. The van der Waals surface area contributed by atoms with Gasteiger partial charge in [-0.3, -0.25) is 4.79 Å². The fourth-order valence-electron chi connectivity index (χ4n) is 4.82. The van der Waals surface area contributed by atoms with Gasteiger partial charge >= 0.3 is 0 Å². The number of nitrogens with zero attached hydrogens (tertiary/aromatic N) is 3. The molecule has 5 nitrogen and oxygen atoms in total. The number of imidazole rings is 1. The van der Waals surface area contributed by atoms with Gasteiger partial charge in [-0.05, 0) is 67.1 Å². The predicted octanol–water partition coefficient (Wildman–Crippen LogP) is 3.93. The van der Waals surface area contributed by atoms with Crippen molar-refractivity contribution < 1.29 is 6.22 Å². The van der Waals surface area contributed by atoms with Gasteiger partial charge in [0.05, 0.1) is 29.0 Å². The molecule has 1 aliphatic carbocycles. The van der Waals surface area contributed by atoms with E-state index in [1.54, 1.807) is 6.33 Å². The van der Waals surface area contributed by atoms with Gasteiger partial charge < -0.3 is 9.88 Å². The van der Waals surface area contributed by atoms with Crippen LogP contribution in [0, 0.1) is 18.3 Å². The fourth-order valence-corrected chi connectivity index (χ4v) is 4.82. The van der Waals surface area contributed by atoms with Gasteiger partial charge in [-0.15, -0.1) is 0 Å². The van der Waals surface area contributed by atoms with E-state index in [0.29, 0.717) is 11.5 Å². The Bertz CT molecular complexity index is 1110. The van der Waals surface area contributed by atoms with Crippen LogP contribution in [0.5, 0.6) is 0 Å². The Morgan fingerprint density at radius 2 is 2.26 bits per heavy atom. The van der Waals surface area contributed by atoms with Crippen molar-refractivity contribution in [1.29, 1.82) is 5.26 Å². The van der Waals surface area contributed by atoms with Crippen LogP contribution in [0.1, 0.15) is 52.8 Å². The molecular weight excluding hydrogens is 336 g/mol. The molecule has 1 saturated heterocycles. The molecule has 1 amide bonds. The first kappa shape index (κ1) is 16.1. The van der Waals surface area contributed by atoms with Crippen molar-refractivity contribution in [3.8, 4) is 6.07 Å². The number of benzene rings is 2. The lowest BCUT2D eigenvalue weighted by molar-refractivity contribution is 0.0594. The van der Waals surface area contributed by atoms with Gasteiger partial charge in [0.15, 0.2) is 0 Å². The third-order valence-electron chi connectivity index (χ3n) is 6.14. The molecule has 2 atom stereocenters. The number of carbonyl (C=O) groups excluding carboxylic acids is 1. The molecule has 0 unspecified atom stereocenters. The number of nitriles is 1. The number of fused-ring (bicyclic) bond motifs is 4. The number of piperidine rings is 1. The minimum absolute atomic E-state index is 0. The number of amides is 1. The van der Waals surface area contributed by atoms with E-state index in [0.717, 1.165) is 48.0 Å². The lowest BCUT2D eigenvalue weighted by atomic mass is 9.87. The number of hydrogen-bond acceptors (Lipinski definition) is 3. The first-order chi connectivity index (χ1) is 13.2. The predicted molar refractivity (Wildman–Crippen MR) is 105 cm³/mol. The monoisotopic (exact) mass is 358 g/mol. The van der Waals surface area contributed by atoms with Gasteiger partial charge in [-0.1, -0.05) is 6.07 Å². The second kappa shape index (κ2) is 5.95. The lowest BCUT2D eigenvalue weighted by Crippen LogP contribution is -2.46. The Morgan fingerprint density at radius 1 is 1.37 bits per heavy atom. The lowest BCUT2D eigenvalue weighted by Gasteiger charge is -2.38. The highest BCUT2D eigenvalue weighted by Gasteiger charge is 2.41. The summed E-state index contributed by atoms with van der Waals surface area (Å²) in [5.74, 6) is 0.431. The van der Waals surface area contributed by atoms with Crippen molar-refractivity contribution in [2.24, 2.45) is 0 Å². The van der Waals surface area contributed by atoms with Crippen molar-refractivity contribution in [3.63, 3.8) is 0 Å². The van der Waals surface area contributed by atoms with Crippen molar-refractivity contribution in [2.75, 3.05) is 6.54 Å². The van der Waals surface area contributed by atoms with Crippen LogP contribution in [0.2, 0.25) is 0 Å². The fraction of sp³-hybridized carbons (Fsp3) is 0.318. The van der Waals surface area contributed by atoms with Crippen molar-refractivity contribution in [1.82, 2.24) is 14.9 Å². The largest absolute Gasteiger partial charge is 0.345 e. The minimum Gasteiger partial charge on any atom is -0.345 e. The molecular formula is C22H22N4O. The molecule has 0 spiro atoms. The smallest absolute Gasteiger partial charge is 0.254 e. The molecule has 1 fully saturated rings. The summed E-state index contributed by atoms with van der Waals surface area (Å²) < 4.78 is 0. The molecule has 2 aliphatic rings. The van der Waals surface area contributed by atoms with Crippen LogP contribution in [0.15, 0.2) is 36.7 Å². The van der Waals surface area contributed by atoms with Gasteiger partial charge in [-0.2, -0.15) is 5.26 Å². The van der Waals surface area contributed by atoms with Crippen LogP contribution in [0.25, 0.3) is 11.0 Å². The van der Waals surface area contributed by atoms with Crippen molar-refractivity contribution >= 4 is 16.9 Å². The highest BCUT2D eigenvalue weighted by Crippen LogP contribution is 2.43. The Labute approximate surface area is 159 Å². The average Bonchev–Trinajstić information content (AvgIpc) is 3.29. The summed E-state index contributed by atoms with van der Waals surface area (Å²) in [7, 11) is 0. The Morgan fingerprint density at radius 3 is 3.11 bits per heavy atom. The summed E-state index contributed by atoms with van der Waals surface area (Å²) in [4.78, 5) is 22.9. The van der Waals surface area contributed by atoms with Gasteiger partial charge in [0.2, 0.25) is 0 Å². The third-order valence-corrected chi connectivity index (χ3v) is 6.14. The van der Waals surface area contributed by atoms with Crippen LogP contribution in [0.4, 0.5) is 0 Å². The number of H-pyrrole nitrogens is 1. The van der Waals surface area contributed by atoms with Gasteiger partial charge in [-0.25, -0.2) is 4.98 Å². The van der Waals surface area contributed by atoms with E-state index >= 15 is 0 Å². The summed E-state index contributed by atoms with van der Waals surface area (Å²) >= 11 is 0. The van der Waals surface area contributed by atoms with E-state index in [1.165, 1.54) is 11.1 Å². The van der Waals surface area contributed by atoms with Crippen LogP contribution >= 0.6 is 0 Å². The van der Waals surface area contributed by atoms with Crippen LogP contribution in [-0.2, 0) is 6.42 Å². The van der Waals surface area contributed by atoms with Gasteiger partial charge in [0.25, 0.3) is 5.91 Å². The molecule has 1 N–H and O–H groups in total. The summed E-state index contributed by atoms with van der Waals surface area (Å²) in [6.07, 6.45) is 4.61. The standard InChI is InChI=1S/C22H20N4O.H2/c1-13-7-19-20(25-12-24-19)10-17(13)22(27)26-6-2-3-16-18-8-14(11-23)4-5-15(18)9-21(16)26;/h4-5,7-8,10,12,16,21H,2-3,6,9H2,1H3,(H,24,25);1H/t16-,21+;/m1./s1. The molecule has 1 aromatic heterocycles. The quantitative estimate of drug-likeness (QED) is 0.716. The third kappa shape index (κ3) is 2.44. The minimum atomic E-state index is 0. The van der Waals surface area contributed by atoms with Crippen LogP contribution < -0.4 is 0 Å². The second-order valence-corrected chi connectivity index (χ2v) is 7.63. The number of carbonyl (C=O) groups is 1. The van der Waals surface area contributed by atoms with Crippen molar-refractivity contribution in [3.05, 3.63) is 64.5 Å². The summed E-state index contributed by atoms with van der Waals surface area (Å²) in [5.41, 5.74) is 6.74. The molecule has 0 radical (unpaired) electrons. The van der Waals surface area contributed by atoms with Crippen LogP contribution in [0.3, 0.4) is 0 Å². The van der Waals surface area contributed by atoms with Gasteiger partial charge in [0, 0.05) is 25.5 Å². The van der Waals surface area contributed by atoms with Crippen molar-refractivity contribution in [2.45, 2.75) is 38.1 Å². The molecule has 1 aliphatic heterocycles. The molecule has 0 saturated carbocycles. The molecule has 0 bridgehead atoms. The van der Waals surface area contributed by atoms with E-state index < -0.39 is 0 Å². The van der Waals surface area contributed by atoms with E-state index in [4.69, 9.17) is 0 Å². The molecule has 27 heavy (non-hydrogen) atoms. The number of hydrogen-bond donors (Lipinski definition) is 1. The highest BCUT2D eigenvalue weighted by molar-refractivity contribution is 5.99. The number of aromatic nitrogens is 2. The van der Waals surface area contributed by atoms with Gasteiger partial charge in [0.1, 0.15) is 0 Å². The molecule has 5 rings (SSSR count). The topological polar surface area (TPSA) is 72.8 Å². The van der Waals surface area contributed by atoms with E-state index in [1.807, 2.05) is 31.2 Å². The maximum Gasteiger partial charge on any atom is 0.254 e. The summed E-state index contributed by atoms with van der Waals surface area (Å²) in [6.45, 7) is 2.77. The second-order valence-electron chi connectivity index (χ2n) is 7.63. The van der Waals surface area contributed by atoms with Crippen LogP contribution in [-0.4, -0.2) is 33.4 Å². The normalized spacial score (nSPS) is 21.0. The maximum atomic E-state index is 13.4. The van der Waals surface area contributed by atoms with E-state index in [2.05, 4.69) is 27.0 Å². The highest BCUT2D eigenvalue weighted by atomic mass is 16.2. The Hall–Kier alpha value is -3.13. The SMILES string of the molecule is Cc1cc2[nH]cnc2cc1C(=O)N1CCC[C@@H]2c3cc(C#N)ccc3C[C@@H]21.[HH]. The molecule has 2 heterocycles. The first-order valence-electron chi connectivity index (χ1n) is 9.43. The number of rotatable bonds is 1. The summed E-state index contributed by atoms with van der Waals surface area (Å²) in [6, 6.07) is 12.3. The average molecular weight is 358 g/mol. The summed E-state index contributed by atoms with van der Waals surface area (Å²) in [5, 5.41) is 9.23. The zero-order chi connectivity index (χ0) is 18.5. The number of aromatic amines is 1. The zero-order valence-electron chi connectivity index (χ0n) is 15.2. The van der Waals surface area contributed by atoms with E-state index in [9.17, 15) is 10.1 Å². The Kier molecular flexibility index (Phi) is 3.54. The first-order valence-corrected chi connectivity index (χ1v) is 9.43. The van der Waals surface area contributed by atoms with E-state index in [-0.39, 0.29) is 13.4 Å². The number of nitrogens with one attached hydrogen (secondary N) is 1. The number of aryl methyl sites for hydroxylation is 1. The molecule has 2 aromatic carbocycles.